The maximum Gasteiger partial charge on any atom is 0.186 e. The van der Waals surface area contributed by atoms with E-state index in [0.29, 0.717) is 17.5 Å². The largest absolute Gasteiger partial charge is 0.492 e. The third kappa shape index (κ3) is 5.12. The Kier molecular flexibility index (Phi) is 7.60. The molecule has 0 unspecified atom stereocenters. The first-order valence-corrected chi connectivity index (χ1v) is 7.68. The van der Waals surface area contributed by atoms with Crippen LogP contribution >= 0.6 is 34.8 Å². The Morgan fingerprint density at radius 3 is 2.80 bits per heavy atom. The fourth-order valence-electron chi connectivity index (χ4n) is 1.49. The normalized spacial score (nSPS) is 10.4. The van der Waals surface area contributed by atoms with Crippen LogP contribution in [-0.4, -0.2) is 31.6 Å². The predicted molar refractivity (Wildman–Crippen MR) is 93.9 cm³/mol. The summed E-state index contributed by atoms with van der Waals surface area (Å²) >= 11 is 7.22. The molecule has 0 aliphatic rings. The summed E-state index contributed by atoms with van der Waals surface area (Å²) in [6.07, 6.45) is 1.69. The summed E-state index contributed by atoms with van der Waals surface area (Å²) < 4.78 is 11.9. The first kappa shape index (κ1) is 17.0. The van der Waals surface area contributed by atoms with Gasteiger partial charge in [-0.05, 0) is 66.4 Å². The number of nitrogens with one attached hydrogen (secondary N) is 2. The lowest BCUT2D eigenvalue weighted by Gasteiger charge is -2.11. The van der Waals surface area contributed by atoms with Crippen LogP contribution in [0.15, 0.2) is 17.2 Å². The summed E-state index contributed by atoms with van der Waals surface area (Å²) in [6, 6.07) is 3.84. The molecular formula is C13H18IN3O2S. The first-order valence-electron chi connectivity index (χ1n) is 6.19. The van der Waals surface area contributed by atoms with E-state index in [4.69, 9.17) is 21.7 Å². The molecule has 0 heterocycles. The lowest BCUT2D eigenvalue weighted by molar-refractivity contribution is 0.309. The number of nitrogens with zero attached hydrogens (tertiary/aromatic N) is 1. The maximum absolute atomic E-state index is 5.57. The summed E-state index contributed by atoms with van der Waals surface area (Å²) in [6.45, 7) is 5.24. The monoisotopic (exact) mass is 407 g/mol. The van der Waals surface area contributed by atoms with Crippen molar-refractivity contribution in [3.8, 4) is 11.5 Å². The summed E-state index contributed by atoms with van der Waals surface area (Å²) in [5, 5.41) is 7.53. The van der Waals surface area contributed by atoms with Crippen molar-refractivity contribution in [2.45, 2.75) is 13.8 Å². The van der Waals surface area contributed by atoms with Crippen molar-refractivity contribution in [3.63, 3.8) is 0 Å². The van der Waals surface area contributed by atoms with Gasteiger partial charge < -0.3 is 14.8 Å². The van der Waals surface area contributed by atoms with E-state index in [0.717, 1.165) is 21.4 Å². The molecule has 1 aromatic rings. The van der Waals surface area contributed by atoms with E-state index in [2.05, 4.69) is 38.4 Å². The van der Waals surface area contributed by atoms with E-state index >= 15 is 0 Å². The van der Waals surface area contributed by atoms with Crippen molar-refractivity contribution in [2.75, 3.05) is 20.3 Å². The molecule has 0 aliphatic carbocycles. The zero-order chi connectivity index (χ0) is 15.0. The lowest BCUT2D eigenvalue weighted by Crippen LogP contribution is -2.31. The molecule has 0 amide bonds. The topological polar surface area (TPSA) is 54.9 Å². The highest BCUT2D eigenvalue weighted by atomic mass is 127. The molecule has 1 aromatic carbocycles. The highest BCUT2D eigenvalue weighted by molar-refractivity contribution is 14.1. The van der Waals surface area contributed by atoms with Crippen LogP contribution in [0.2, 0.25) is 0 Å². The number of rotatable bonds is 6. The molecule has 0 saturated heterocycles. The van der Waals surface area contributed by atoms with Gasteiger partial charge in [0.25, 0.3) is 0 Å². The number of hydrazone groups is 1. The van der Waals surface area contributed by atoms with Gasteiger partial charge in [-0.25, -0.2) is 0 Å². The molecule has 0 radical (unpaired) electrons. The fourth-order valence-corrected chi connectivity index (χ4v) is 2.53. The minimum Gasteiger partial charge on any atom is -0.492 e. The van der Waals surface area contributed by atoms with E-state index in [-0.39, 0.29) is 0 Å². The highest BCUT2D eigenvalue weighted by Crippen LogP contribution is 2.33. The smallest absolute Gasteiger partial charge is 0.186 e. The van der Waals surface area contributed by atoms with Gasteiger partial charge in [0.05, 0.1) is 23.5 Å². The van der Waals surface area contributed by atoms with E-state index in [1.807, 2.05) is 26.0 Å². The average molecular weight is 407 g/mol. The molecule has 0 spiro atoms. The third-order valence-electron chi connectivity index (χ3n) is 2.25. The van der Waals surface area contributed by atoms with Crippen LogP contribution in [0.25, 0.3) is 0 Å². The minimum absolute atomic E-state index is 0.497. The molecular weight excluding hydrogens is 389 g/mol. The Bertz CT molecular complexity index is 495. The summed E-state index contributed by atoms with van der Waals surface area (Å²) in [5.41, 5.74) is 3.65. The van der Waals surface area contributed by atoms with E-state index in [1.165, 1.54) is 0 Å². The quantitative estimate of drug-likeness (QED) is 0.329. The molecule has 0 fully saturated rings. The van der Waals surface area contributed by atoms with Crippen molar-refractivity contribution in [1.82, 2.24) is 10.7 Å². The summed E-state index contributed by atoms with van der Waals surface area (Å²) in [7, 11) is 1.63. The number of methoxy groups -OCH3 is 1. The number of halogens is 1. The number of benzene rings is 1. The Labute approximate surface area is 138 Å². The average Bonchev–Trinajstić information content (AvgIpc) is 2.39. The van der Waals surface area contributed by atoms with Crippen LogP contribution in [0, 0.1) is 3.57 Å². The lowest BCUT2D eigenvalue weighted by atomic mass is 10.2. The molecule has 1 rings (SSSR count). The molecule has 0 bridgehead atoms. The second-order valence-corrected chi connectivity index (χ2v) is 5.27. The zero-order valence-corrected chi connectivity index (χ0v) is 14.7. The number of hydrogen-bond donors (Lipinski definition) is 2. The van der Waals surface area contributed by atoms with Crippen molar-refractivity contribution in [2.24, 2.45) is 5.10 Å². The Morgan fingerprint density at radius 2 is 2.20 bits per heavy atom. The fraction of sp³-hybridized carbons (Fsp3) is 0.385. The molecule has 0 saturated carbocycles. The molecule has 110 valence electrons. The second kappa shape index (κ2) is 8.96. The number of ether oxygens (including phenoxy) is 2. The van der Waals surface area contributed by atoms with Crippen molar-refractivity contribution >= 4 is 46.1 Å². The van der Waals surface area contributed by atoms with Gasteiger partial charge in [0.2, 0.25) is 0 Å². The Morgan fingerprint density at radius 1 is 1.45 bits per heavy atom. The van der Waals surface area contributed by atoms with Gasteiger partial charge in [0.1, 0.15) is 0 Å². The summed E-state index contributed by atoms with van der Waals surface area (Å²) in [5.74, 6) is 1.44. The second-order valence-electron chi connectivity index (χ2n) is 3.70. The van der Waals surface area contributed by atoms with Crippen LogP contribution < -0.4 is 20.2 Å². The van der Waals surface area contributed by atoms with Gasteiger partial charge in [-0.1, -0.05) is 0 Å². The van der Waals surface area contributed by atoms with Crippen molar-refractivity contribution in [3.05, 3.63) is 21.3 Å². The van der Waals surface area contributed by atoms with Gasteiger partial charge in [-0.2, -0.15) is 5.10 Å². The van der Waals surface area contributed by atoms with Crippen LogP contribution in [0.3, 0.4) is 0 Å². The molecule has 5 nitrogen and oxygen atoms in total. The molecule has 0 atom stereocenters. The third-order valence-corrected chi connectivity index (χ3v) is 3.29. The van der Waals surface area contributed by atoms with E-state index < -0.39 is 0 Å². The van der Waals surface area contributed by atoms with Crippen LogP contribution in [0.5, 0.6) is 11.5 Å². The van der Waals surface area contributed by atoms with Gasteiger partial charge in [0, 0.05) is 6.54 Å². The Hall–Kier alpha value is -1.09. The van der Waals surface area contributed by atoms with Gasteiger partial charge in [-0.3, -0.25) is 5.43 Å². The van der Waals surface area contributed by atoms with Gasteiger partial charge in [0.15, 0.2) is 16.6 Å². The standard InChI is InChI=1S/C13H18IN3O2S/c1-4-15-13(20)17-16-8-9-6-10(14)12(18-3)11(7-9)19-5-2/h6-8H,4-5H2,1-3H3,(H2,15,17,20)/b16-8-. The SMILES string of the molecule is CCNC(=S)N/N=C\c1cc(I)c(OC)c(OCC)c1. The number of hydrogen-bond acceptors (Lipinski definition) is 4. The Balaban J connectivity index is 2.85. The molecule has 0 aromatic heterocycles. The molecule has 2 N–H and O–H groups in total. The van der Waals surface area contributed by atoms with E-state index in [9.17, 15) is 0 Å². The highest BCUT2D eigenvalue weighted by Gasteiger charge is 2.10. The minimum atomic E-state index is 0.497. The zero-order valence-electron chi connectivity index (χ0n) is 11.7. The van der Waals surface area contributed by atoms with Crippen LogP contribution in [0.1, 0.15) is 19.4 Å². The maximum atomic E-state index is 5.57. The molecule has 0 aliphatic heterocycles. The van der Waals surface area contributed by atoms with Crippen molar-refractivity contribution < 1.29 is 9.47 Å². The van der Waals surface area contributed by atoms with Gasteiger partial charge in [-0.15, -0.1) is 0 Å². The first-order chi connectivity index (χ1) is 9.62. The molecule has 20 heavy (non-hydrogen) atoms. The predicted octanol–water partition coefficient (Wildman–Crippen LogP) is 2.52. The van der Waals surface area contributed by atoms with Crippen molar-refractivity contribution in [1.29, 1.82) is 0 Å². The summed E-state index contributed by atoms with van der Waals surface area (Å²) in [4.78, 5) is 0. The number of thiocarbonyl (C=S) groups is 1. The van der Waals surface area contributed by atoms with Crippen LogP contribution in [0.4, 0.5) is 0 Å². The van der Waals surface area contributed by atoms with Gasteiger partial charge >= 0.3 is 0 Å². The molecule has 7 heteroatoms. The van der Waals surface area contributed by atoms with Crippen LogP contribution in [-0.2, 0) is 0 Å². The van der Waals surface area contributed by atoms with E-state index in [1.54, 1.807) is 13.3 Å².